The quantitative estimate of drug-likeness (QED) is 0.829. The molecule has 1 heterocycles. The Balaban J connectivity index is 2.61. The van der Waals surface area contributed by atoms with E-state index in [1.807, 2.05) is 12.1 Å². The van der Waals surface area contributed by atoms with Gasteiger partial charge in [0.15, 0.2) is 0 Å². The molecule has 15 heavy (non-hydrogen) atoms. The monoisotopic (exact) mass is 243 g/mol. The molecule has 1 aromatic carbocycles. The number of fused-ring (bicyclic) bond motifs is 1. The van der Waals surface area contributed by atoms with Crippen molar-refractivity contribution < 1.29 is 4.74 Å². The number of thiazole rings is 1. The van der Waals surface area contributed by atoms with Gasteiger partial charge in [-0.05, 0) is 12.1 Å². The Kier molecular flexibility index (Phi) is 3.09. The molecule has 0 spiro atoms. The van der Waals surface area contributed by atoms with Crippen LogP contribution in [0, 0.1) is 0 Å². The fourth-order valence-electron chi connectivity index (χ4n) is 1.47. The number of rotatable bonds is 3. The maximum absolute atomic E-state index is 11.7. The minimum absolute atomic E-state index is 0.00940. The molecule has 0 aliphatic rings. The molecule has 0 amide bonds. The lowest BCUT2D eigenvalue weighted by atomic mass is 10.3. The van der Waals surface area contributed by atoms with Crippen LogP contribution in [-0.4, -0.2) is 18.3 Å². The Morgan fingerprint density at radius 2 is 2.33 bits per heavy atom. The maximum Gasteiger partial charge on any atom is 0.308 e. The second-order valence-electron chi connectivity index (χ2n) is 3.10. The fraction of sp³-hybridized carbons (Fsp3) is 0.300. The van der Waals surface area contributed by atoms with Crippen molar-refractivity contribution >= 4 is 33.2 Å². The largest absolute Gasteiger partial charge is 0.383 e. The first-order valence-corrected chi connectivity index (χ1v) is 5.70. The van der Waals surface area contributed by atoms with E-state index < -0.39 is 0 Å². The molecule has 0 saturated heterocycles. The van der Waals surface area contributed by atoms with Crippen LogP contribution in [0.5, 0.6) is 0 Å². The summed E-state index contributed by atoms with van der Waals surface area (Å²) < 4.78 is 7.54. The van der Waals surface area contributed by atoms with Crippen molar-refractivity contribution in [3.8, 4) is 0 Å². The Morgan fingerprint density at radius 1 is 1.53 bits per heavy atom. The second kappa shape index (κ2) is 4.35. The first-order valence-electron chi connectivity index (χ1n) is 4.51. The van der Waals surface area contributed by atoms with Crippen molar-refractivity contribution in [3.63, 3.8) is 0 Å². The number of methoxy groups -OCH3 is 1. The Morgan fingerprint density at radius 3 is 3.07 bits per heavy atom. The van der Waals surface area contributed by atoms with E-state index in [0.29, 0.717) is 18.2 Å². The summed E-state index contributed by atoms with van der Waals surface area (Å²) in [6.07, 6.45) is 0. The highest BCUT2D eigenvalue weighted by atomic mass is 35.5. The summed E-state index contributed by atoms with van der Waals surface area (Å²) in [4.78, 5) is 11.7. The summed E-state index contributed by atoms with van der Waals surface area (Å²) in [5.74, 6) is 0. The van der Waals surface area contributed by atoms with Gasteiger partial charge in [-0.3, -0.25) is 9.36 Å². The van der Waals surface area contributed by atoms with Crippen molar-refractivity contribution in [1.82, 2.24) is 4.57 Å². The van der Waals surface area contributed by atoms with Crippen LogP contribution >= 0.6 is 22.9 Å². The Bertz CT molecular complexity index is 532. The highest BCUT2D eigenvalue weighted by molar-refractivity contribution is 7.16. The number of benzene rings is 1. The molecule has 0 saturated carbocycles. The number of nitrogens with zero attached hydrogens (tertiary/aromatic N) is 1. The number of aromatic nitrogens is 1. The predicted molar refractivity (Wildman–Crippen MR) is 63.0 cm³/mol. The van der Waals surface area contributed by atoms with Crippen LogP contribution in [0.25, 0.3) is 10.2 Å². The van der Waals surface area contributed by atoms with Crippen LogP contribution in [0.1, 0.15) is 0 Å². The lowest BCUT2D eigenvalue weighted by Crippen LogP contribution is -2.15. The van der Waals surface area contributed by atoms with Crippen LogP contribution < -0.4 is 4.87 Å². The van der Waals surface area contributed by atoms with Gasteiger partial charge in [-0.1, -0.05) is 29.0 Å². The van der Waals surface area contributed by atoms with Crippen molar-refractivity contribution in [1.29, 1.82) is 0 Å². The smallest absolute Gasteiger partial charge is 0.308 e. The minimum atomic E-state index is 0.00940. The summed E-state index contributed by atoms with van der Waals surface area (Å²) in [7, 11) is 1.61. The van der Waals surface area contributed by atoms with Crippen LogP contribution in [0.15, 0.2) is 23.0 Å². The molecule has 0 aliphatic heterocycles. The van der Waals surface area contributed by atoms with Crippen LogP contribution in [-0.2, 0) is 11.3 Å². The first-order chi connectivity index (χ1) is 7.24. The fourth-order valence-corrected chi connectivity index (χ4v) is 2.74. The van der Waals surface area contributed by atoms with E-state index in [2.05, 4.69) is 0 Å². The van der Waals surface area contributed by atoms with Gasteiger partial charge < -0.3 is 4.74 Å². The number of hydrogen-bond acceptors (Lipinski definition) is 3. The average molecular weight is 244 g/mol. The zero-order valence-electron chi connectivity index (χ0n) is 8.20. The minimum Gasteiger partial charge on any atom is -0.383 e. The van der Waals surface area contributed by atoms with Gasteiger partial charge in [0.25, 0.3) is 0 Å². The van der Waals surface area contributed by atoms with Crippen molar-refractivity contribution in [2.24, 2.45) is 0 Å². The van der Waals surface area contributed by atoms with Gasteiger partial charge in [0.05, 0.1) is 28.4 Å². The molecule has 0 aliphatic carbocycles. The Labute approximate surface area is 95.9 Å². The van der Waals surface area contributed by atoms with Gasteiger partial charge in [0.2, 0.25) is 0 Å². The summed E-state index contributed by atoms with van der Waals surface area (Å²) in [5.41, 5.74) is 0.811. The van der Waals surface area contributed by atoms with Gasteiger partial charge in [0, 0.05) is 7.11 Å². The molecule has 5 heteroatoms. The van der Waals surface area contributed by atoms with Crippen molar-refractivity contribution in [2.45, 2.75) is 6.54 Å². The number of hydrogen-bond donors (Lipinski definition) is 0. The molecule has 0 atom stereocenters. The third kappa shape index (κ3) is 1.93. The van der Waals surface area contributed by atoms with Gasteiger partial charge in [0.1, 0.15) is 0 Å². The number of para-hydroxylation sites is 1. The van der Waals surface area contributed by atoms with Crippen molar-refractivity contribution in [2.75, 3.05) is 13.7 Å². The van der Waals surface area contributed by atoms with Crippen molar-refractivity contribution in [3.05, 3.63) is 32.9 Å². The maximum atomic E-state index is 11.7. The van der Waals surface area contributed by atoms with E-state index in [1.54, 1.807) is 17.7 Å². The zero-order chi connectivity index (χ0) is 10.8. The lowest BCUT2D eigenvalue weighted by Gasteiger charge is -2.03. The SMILES string of the molecule is COCCn1c(=O)sc2cccc(Cl)c21. The molecule has 3 nitrogen and oxygen atoms in total. The van der Waals surface area contributed by atoms with E-state index in [1.165, 1.54) is 11.3 Å². The summed E-state index contributed by atoms with van der Waals surface area (Å²) in [6.45, 7) is 1.05. The second-order valence-corrected chi connectivity index (χ2v) is 4.50. The highest BCUT2D eigenvalue weighted by Gasteiger charge is 2.09. The number of halogens is 1. The van der Waals surface area contributed by atoms with Gasteiger partial charge in [-0.25, -0.2) is 0 Å². The summed E-state index contributed by atoms with van der Waals surface area (Å²) in [6, 6.07) is 5.54. The van der Waals surface area contributed by atoms with E-state index in [-0.39, 0.29) is 4.87 Å². The lowest BCUT2D eigenvalue weighted by molar-refractivity contribution is 0.188. The van der Waals surface area contributed by atoms with E-state index in [9.17, 15) is 4.79 Å². The molecule has 0 unspecified atom stereocenters. The molecule has 0 fully saturated rings. The third-order valence-corrected chi connectivity index (χ3v) is 3.41. The normalized spacial score (nSPS) is 11.1. The molecule has 0 N–H and O–H groups in total. The molecule has 2 rings (SSSR count). The average Bonchev–Trinajstić information content (AvgIpc) is 2.53. The van der Waals surface area contributed by atoms with Gasteiger partial charge in [-0.2, -0.15) is 0 Å². The zero-order valence-corrected chi connectivity index (χ0v) is 9.77. The van der Waals surface area contributed by atoms with Crippen LogP contribution in [0.2, 0.25) is 5.02 Å². The molecule has 1 aromatic heterocycles. The van der Waals surface area contributed by atoms with Crippen LogP contribution in [0.3, 0.4) is 0 Å². The standard InChI is InChI=1S/C10H10ClNO2S/c1-14-6-5-12-9-7(11)3-2-4-8(9)15-10(12)13/h2-4H,5-6H2,1H3. The van der Waals surface area contributed by atoms with E-state index in [0.717, 1.165) is 10.2 Å². The molecule has 80 valence electrons. The first kappa shape index (κ1) is 10.7. The topological polar surface area (TPSA) is 31.2 Å². The third-order valence-electron chi connectivity index (χ3n) is 2.16. The molecule has 0 radical (unpaired) electrons. The van der Waals surface area contributed by atoms with Gasteiger partial charge >= 0.3 is 4.87 Å². The molecular weight excluding hydrogens is 234 g/mol. The van der Waals surface area contributed by atoms with Crippen LogP contribution in [0.4, 0.5) is 0 Å². The van der Waals surface area contributed by atoms with E-state index >= 15 is 0 Å². The summed E-state index contributed by atoms with van der Waals surface area (Å²) >= 11 is 7.27. The predicted octanol–water partition coefficient (Wildman–Crippen LogP) is 2.36. The number of ether oxygens (including phenoxy) is 1. The van der Waals surface area contributed by atoms with Gasteiger partial charge in [-0.15, -0.1) is 0 Å². The summed E-state index contributed by atoms with van der Waals surface area (Å²) in [5, 5.41) is 0.613. The molecule has 0 bridgehead atoms. The molecule has 2 aromatic rings. The molecular formula is C10H10ClNO2S. The Hall–Kier alpha value is -0.840. The highest BCUT2D eigenvalue weighted by Crippen LogP contribution is 2.24. The van der Waals surface area contributed by atoms with E-state index in [4.69, 9.17) is 16.3 Å².